The molecular formula is C22H31N3O2. The maximum Gasteiger partial charge on any atom is 0.227 e. The molecule has 4 rings (SSSR count). The van der Waals surface area contributed by atoms with Crippen molar-refractivity contribution in [1.29, 1.82) is 0 Å². The molecule has 1 aromatic rings. The van der Waals surface area contributed by atoms with E-state index < -0.39 is 0 Å². The SMILES string of the molecule is O=C(Nc1cccc(CN2CCCCC2)c1)C1CCN(C(=O)C2CC2)CC1. The number of carbonyl (C=O) groups excluding carboxylic acids is 2. The summed E-state index contributed by atoms with van der Waals surface area (Å²) in [5, 5.41) is 3.11. The van der Waals surface area contributed by atoms with Crippen molar-refractivity contribution in [2.75, 3.05) is 31.5 Å². The third kappa shape index (κ3) is 4.89. The van der Waals surface area contributed by atoms with E-state index in [0.717, 1.165) is 51.0 Å². The van der Waals surface area contributed by atoms with Crippen LogP contribution in [0.4, 0.5) is 5.69 Å². The first-order valence-electron chi connectivity index (χ1n) is 10.6. The number of nitrogens with one attached hydrogen (secondary N) is 1. The van der Waals surface area contributed by atoms with Crippen LogP contribution < -0.4 is 5.32 Å². The van der Waals surface area contributed by atoms with E-state index in [9.17, 15) is 9.59 Å². The van der Waals surface area contributed by atoms with E-state index in [4.69, 9.17) is 0 Å². The van der Waals surface area contributed by atoms with Crippen molar-refractivity contribution in [1.82, 2.24) is 9.80 Å². The number of likely N-dealkylation sites (tertiary alicyclic amines) is 2. The fourth-order valence-electron chi connectivity index (χ4n) is 4.32. The molecular weight excluding hydrogens is 338 g/mol. The topological polar surface area (TPSA) is 52.7 Å². The molecule has 2 heterocycles. The van der Waals surface area contributed by atoms with Gasteiger partial charge < -0.3 is 10.2 Å². The van der Waals surface area contributed by atoms with Crippen LogP contribution in [-0.2, 0) is 16.1 Å². The van der Waals surface area contributed by atoms with Crippen LogP contribution in [0, 0.1) is 11.8 Å². The summed E-state index contributed by atoms with van der Waals surface area (Å²) in [6.07, 6.45) is 7.57. The Morgan fingerprint density at radius 2 is 1.67 bits per heavy atom. The molecule has 2 saturated heterocycles. The summed E-state index contributed by atoms with van der Waals surface area (Å²) in [5.74, 6) is 0.694. The van der Waals surface area contributed by atoms with Crippen LogP contribution in [0.3, 0.4) is 0 Å². The normalized spacial score (nSPS) is 21.9. The van der Waals surface area contributed by atoms with Gasteiger partial charge in [0.2, 0.25) is 11.8 Å². The zero-order chi connectivity index (χ0) is 18.6. The van der Waals surface area contributed by atoms with Crippen LogP contribution in [0.5, 0.6) is 0 Å². The standard InChI is InChI=1S/C22H31N3O2/c26-21(18-9-13-25(14-10-18)22(27)19-7-8-19)23-20-6-4-5-17(15-20)16-24-11-2-1-3-12-24/h4-6,15,18-19H,1-3,7-14,16H2,(H,23,26). The molecule has 1 N–H and O–H groups in total. The second kappa shape index (κ2) is 8.42. The first-order chi connectivity index (χ1) is 13.2. The molecule has 3 aliphatic rings. The summed E-state index contributed by atoms with van der Waals surface area (Å²) in [6, 6.07) is 8.26. The van der Waals surface area contributed by atoms with Gasteiger partial charge in [0.05, 0.1) is 0 Å². The number of carbonyl (C=O) groups is 2. The van der Waals surface area contributed by atoms with E-state index >= 15 is 0 Å². The predicted octanol–water partition coefficient (Wildman–Crippen LogP) is 3.26. The highest BCUT2D eigenvalue weighted by molar-refractivity contribution is 5.93. The van der Waals surface area contributed by atoms with Crippen LogP contribution in [0.25, 0.3) is 0 Å². The molecule has 0 radical (unpaired) electrons. The zero-order valence-electron chi connectivity index (χ0n) is 16.2. The molecule has 1 saturated carbocycles. The predicted molar refractivity (Wildman–Crippen MR) is 106 cm³/mol. The minimum Gasteiger partial charge on any atom is -0.342 e. The molecule has 2 amide bonds. The van der Waals surface area contributed by atoms with E-state index in [1.54, 1.807) is 0 Å². The second-order valence-corrected chi connectivity index (χ2v) is 8.40. The average molecular weight is 370 g/mol. The van der Waals surface area contributed by atoms with Gasteiger partial charge in [-0.05, 0) is 69.3 Å². The molecule has 0 aromatic heterocycles. The number of nitrogens with zero attached hydrogens (tertiary/aromatic N) is 2. The van der Waals surface area contributed by atoms with Gasteiger partial charge in [-0.1, -0.05) is 18.6 Å². The highest BCUT2D eigenvalue weighted by Crippen LogP contribution is 2.32. The summed E-state index contributed by atoms with van der Waals surface area (Å²) >= 11 is 0. The molecule has 0 bridgehead atoms. The lowest BCUT2D eigenvalue weighted by molar-refractivity contribution is -0.135. The summed E-state index contributed by atoms with van der Waals surface area (Å²) in [5.41, 5.74) is 2.16. The van der Waals surface area contributed by atoms with Crippen molar-refractivity contribution in [2.45, 2.75) is 51.5 Å². The number of rotatable bonds is 5. The minimum atomic E-state index is 0.0130. The van der Waals surface area contributed by atoms with E-state index in [-0.39, 0.29) is 17.7 Å². The van der Waals surface area contributed by atoms with Crippen molar-refractivity contribution in [3.05, 3.63) is 29.8 Å². The van der Waals surface area contributed by atoms with Crippen molar-refractivity contribution in [2.24, 2.45) is 11.8 Å². The number of anilines is 1. The second-order valence-electron chi connectivity index (χ2n) is 8.40. The molecule has 1 aliphatic carbocycles. The van der Waals surface area contributed by atoms with Crippen molar-refractivity contribution < 1.29 is 9.59 Å². The quantitative estimate of drug-likeness (QED) is 0.867. The summed E-state index contributed by atoms with van der Waals surface area (Å²) < 4.78 is 0. The molecule has 0 atom stereocenters. The summed E-state index contributed by atoms with van der Waals surface area (Å²) in [7, 11) is 0. The maximum absolute atomic E-state index is 12.7. The van der Waals surface area contributed by atoms with Crippen molar-refractivity contribution in [3.8, 4) is 0 Å². The number of amides is 2. The Kier molecular flexibility index (Phi) is 5.77. The Bertz CT molecular complexity index is 672. The first kappa shape index (κ1) is 18.5. The fourth-order valence-corrected chi connectivity index (χ4v) is 4.32. The van der Waals surface area contributed by atoms with Gasteiger partial charge in [0.25, 0.3) is 0 Å². The van der Waals surface area contributed by atoms with Gasteiger partial charge in [0, 0.05) is 37.2 Å². The summed E-state index contributed by atoms with van der Waals surface area (Å²) in [4.78, 5) is 29.3. The molecule has 2 aliphatic heterocycles. The Balaban J connectivity index is 1.28. The molecule has 0 spiro atoms. The van der Waals surface area contributed by atoms with Gasteiger partial charge in [0.15, 0.2) is 0 Å². The molecule has 5 nitrogen and oxygen atoms in total. The lowest BCUT2D eigenvalue weighted by Crippen LogP contribution is -2.42. The van der Waals surface area contributed by atoms with Gasteiger partial charge in [-0.25, -0.2) is 0 Å². The van der Waals surface area contributed by atoms with Crippen LogP contribution in [-0.4, -0.2) is 47.8 Å². The monoisotopic (exact) mass is 369 g/mol. The number of piperidine rings is 2. The molecule has 3 fully saturated rings. The fraction of sp³-hybridized carbons (Fsp3) is 0.636. The van der Waals surface area contributed by atoms with Crippen LogP contribution in [0.1, 0.15) is 50.5 Å². The molecule has 27 heavy (non-hydrogen) atoms. The number of hydrogen-bond donors (Lipinski definition) is 1. The van der Waals surface area contributed by atoms with Crippen LogP contribution >= 0.6 is 0 Å². The minimum absolute atomic E-state index is 0.0130. The van der Waals surface area contributed by atoms with Crippen molar-refractivity contribution in [3.63, 3.8) is 0 Å². The van der Waals surface area contributed by atoms with Gasteiger partial charge in [-0.3, -0.25) is 14.5 Å². The third-order valence-electron chi connectivity index (χ3n) is 6.15. The largest absolute Gasteiger partial charge is 0.342 e. The average Bonchev–Trinajstić information content (AvgIpc) is 3.54. The molecule has 5 heteroatoms. The highest BCUT2D eigenvalue weighted by atomic mass is 16.2. The zero-order valence-corrected chi connectivity index (χ0v) is 16.2. The Morgan fingerprint density at radius 3 is 2.37 bits per heavy atom. The van der Waals surface area contributed by atoms with Crippen LogP contribution in [0.15, 0.2) is 24.3 Å². The molecule has 1 aromatic carbocycles. The van der Waals surface area contributed by atoms with Crippen LogP contribution in [0.2, 0.25) is 0 Å². The van der Waals surface area contributed by atoms with E-state index in [2.05, 4.69) is 22.3 Å². The smallest absolute Gasteiger partial charge is 0.227 e. The summed E-state index contributed by atoms with van der Waals surface area (Å²) in [6.45, 7) is 4.76. The highest BCUT2D eigenvalue weighted by Gasteiger charge is 2.35. The van der Waals surface area contributed by atoms with E-state index in [1.165, 1.54) is 37.9 Å². The van der Waals surface area contributed by atoms with Gasteiger partial charge in [-0.15, -0.1) is 0 Å². The van der Waals surface area contributed by atoms with E-state index in [1.807, 2.05) is 17.0 Å². The van der Waals surface area contributed by atoms with Gasteiger partial charge in [0.1, 0.15) is 0 Å². The van der Waals surface area contributed by atoms with E-state index in [0.29, 0.717) is 5.91 Å². The third-order valence-corrected chi connectivity index (χ3v) is 6.15. The lowest BCUT2D eigenvalue weighted by Gasteiger charge is -2.31. The Labute approximate surface area is 162 Å². The van der Waals surface area contributed by atoms with Crippen molar-refractivity contribution >= 4 is 17.5 Å². The van der Waals surface area contributed by atoms with Gasteiger partial charge >= 0.3 is 0 Å². The van der Waals surface area contributed by atoms with Gasteiger partial charge in [-0.2, -0.15) is 0 Å². The number of hydrogen-bond acceptors (Lipinski definition) is 3. The number of benzene rings is 1. The molecule has 0 unspecified atom stereocenters. The Hall–Kier alpha value is -1.88. The maximum atomic E-state index is 12.7. The Morgan fingerprint density at radius 1 is 0.926 bits per heavy atom. The lowest BCUT2D eigenvalue weighted by atomic mass is 9.95. The first-order valence-corrected chi connectivity index (χ1v) is 10.6. The molecule has 146 valence electrons.